The maximum absolute atomic E-state index is 3.82. The van der Waals surface area contributed by atoms with E-state index in [-0.39, 0.29) is 11.1 Å². The third-order valence-electron chi connectivity index (χ3n) is 3.40. The second kappa shape index (κ2) is 6.25. The van der Waals surface area contributed by atoms with Crippen LogP contribution in [0.4, 0.5) is 0 Å². The van der Waals surface area contributed by atoms with Crippen molar-refractivity contribution in [2.45, 2.75) is 59.0 Å². The van der Waals surface area contributed by atoms with Gasteiger partial charge < -0.3 is 10.2 Å². The Morgan fingerprint density at radius 2 is 1.82 bits per heavy atom. The van der Waals surface area contributed by atoms with Crippen LogP contribution in [0.1, 0.15) is 48.0 Å². The van der Waals surface area contributed by atoms with Crippen LogP contribution in [0.5, 0.6) is 0 Å². The van der Waals surface area contributed by atoms with Crippen molar-refractivity contribution < 1.29 is 0 Å². The first-order valence-corrected chi connectivity index (χ1v) is 6.46. The average molecular weight is 238 g/mol. The van der Waals surface area contributed by atoms with Crippen LogP contribution in [-0.4, -0.2) is 29.6 Å². The maximum atomic E-state index is 3.82. The number of allylic oxidation sites excluding steroid dienone is 2. The average Bonchev–Trinajstić information content (AvgIpc) is 2.23. The minimum absolute atomic E-state index is 0.0585. The van der Waals surface area contributed by atoms with Gasteiger partial charge in [0.2, 0.25) is 0 Å². The third-order valence-corrected chi connectivity index (χ3v) is 3.40. The molecule has 0 aromatic heterocycles. The molecule has 100 valence electrons. The van der Waals surface area contributed by atoms with E-state index >= 15 is 0 Å². The van der Waals surface area contributed by atoms with Crippen LogP contribution in [0.2, 0.25) is 0 Å². The summed E-state index contributed by atoms with van der Waals surface area (Å²) in [5.41, 5.74) is 1.35. The number of hydrogen-bond acceptors (Lipinski definition) is 2. The molecule has 0 saturated carbocycles. The molecule has 0 aliphatic carbocycles. The van der Waals surface area contributed by atoms with Crippen molar-refractivity contribution in [1.29, 1.82) is 0 Å². The van der Waals surface area contributed by atoms with Crippen molar-refractivity contribution >= 4 is 0 Å². The molecule has 0 aromatic carbocycles. The normalized spacial score (nSPS) is 14.0. The van der Waals surface area contributed by atoms with E-state index in [1.54, 1.807) is 0 Å². The van der Waals surface area contributed by atoms with Crippen molar-refractivity contribution in [3.8, 4) is 0 Å². The van der Waals surface area contributed by atoms with E-state index < -0.39 is 0 Å². The molecule has 0 unspecified atom stereocenters. The zero-order chi connectivity index (χ0) is 13.7. The molecule has 0 saturated heterocycles. The summed E-state index contributed by atoms with van der Waals surface area (Å²) in [5.74, 6) is 0. The molecule has 0 bridgehead atoms. The Kier molecular flexibility index (Phi) is 5.97. The highest BCUT2D eigenvalue weighted by Gasteiger charge is 2.31. The Morgan fingerprint density at radius 1 is 1.29 bits per heavy atom. The summed E-state index contributed by atoms with van der Waals surface area (Å²) in [7, 11) is 2.18. The first-order chi connectivity index (χ1) is 7.68. The zero-order valence-electron chi connectivity index (χ0n) is 12.7. The Bertz CT molecular complexity index is 275. The van der Waals surface area contributed by atoms with Gasteiger partial charge in [-0.15, -0.1) is 0 Å². The van der Waals surface area contributed by atoms with Gasteiger partial charge in [0.1, 0.15) is 0 Å². The van der Waals surface area contributed by atoms with Gasteiger partial charge in [0.25, 0.3) is 0 Å². The third kappa shape index (κ3) is 5.40. The van der Waals surface area contributed by atoms with E-state index in [0.717, 1.165) is 18.7 Å². The highest BCUT2D eigenvalue weighted by molar-refractivity contribution is 5.15. The monoisotopic (exact) mass is 238 g/mol. The van der Waals surface area contributed by atoms with E-state index in [9.17, 15) is 0 Å². The summed E-state index contributed by atoms with van der Waals surface area (Å²) in [5, 5.41) is 3.54. The fourth-order valence-electron chi connectivity index (χ4n) is 2.32. The van der Waals surface area contributed by atoms with Crippen molar-refractivity contribution in [2.24, 2.45) is 0 Å². The predicted molar refractivity (Wildman–Crippen MR) is 78.2 cm³/mol. The number of hydrogen-bond donors (Lipinski definition) is 1. The molecule has 0 amide bonds. The van der Waals surface area contributed by atoms with Crippen LogP contribution < -0.4 is 5.32 Å². The topological polar surface area (TPSA) is 15.3 Å². The lowest BCUT2D eigenvalue weighted by Gasteiger charge is -2.42. The lowest BCUT2D eigenvalue weighted by atomic mass is 9.85. The molecular formula is C15H30N2. The molecule has 0 rings (SSSR count). The smallest absolute Gasteiger partial charge is 0.0334 e. The van der Waals surface area contributed by atoms with Crippen LogP contribution >= 0.6 is 0 Å². The fourth-order valence-corrected chi connectivity index (χ4v) is 2.32. The SMILES string of the molecule is C=C/C(=C\C)NC(C)(C)CC(C)(C)N(C)CC. The van der Waals surface area contributed by atoms with Gasteiger partial charge in [0.05, 0.1) is 0 Å². The van der Waals surface area contributed by atoms with E-state index in [4.69, 9.17) is 0 Å². The second-order valence-electron chi connectivity index (χ2n) is 5.96. The Labute approximate surface area is 108 Å². The predicted octanol–water partition coefficient (Wildman–Crippen LogP) is 3.56. The highest BCUT2D eigenvalue weighted by atomic mass is 15.2. The summed E-state index contributed by atoms with van der Waals surface area (Å²) < 4.78 is 0. The molecule has 1 N–H and O–H groups in total. The van der Waals surface area contributed by atoms with Crippen LogP contribution in [0.3, 0.4) is 0 Å². The van der Waals surface area contributed by atoms with E-state index in [2.05, 4.69) is 64.5 Å². The molecule has 0 fully saturated rings. The number of nitrogens with one attached hydrogen (secondary N) is 1. The van der Waals surface area contributed by atoms with Gasteiger partial charge in [-0.3, -0.25) is 0 Å². The van der Waals surface area contributed by atoms with Crippen molar-refractivity contribution in [2.75, 3.05) is 13.6 Å². The van der Waals surface area contributed by atoms with Crippen LogP contribution in [0.25, 0.3) is 0 Å². The summed E-state index contributed by atoms with van der Waals surface area (Å²) in [6.45, 7) is 18.2. The molecule has 0 radical (unpaired) electrons. The lowest BCUT2D eigenvalue weighted by Crippen LogP contribution is -2.50. The van der Waals surface area contributed by atoms with Gasteiger partial charge >= 0.3 is 0 Å². The summed E-state index contributed by atoms with van der Waals surface area (Å²) in [6.07, 6.45) is 5.01. The first kappa shape index (κ1) is 16.2. The molecule has 0 aliphatic heterocycles. The fraction of sp³-hybridized carbons (Fsp3) is 0.733. The number of rotatable bonds is 7. The zero-order valence-corrected chi connectivity index (χ0v) is 12.7. The Morgan fingerprint density at radius 3 is 2.18 bits per heavy atom. The van der Waals surface area contributed by atoms with Crippen LogP contribution in [-0.2, 0) is 0 Å². The van der Waals surface area contributed by atoms with Gasteiger partial charge in [0.15, 0.2) is 0 Å². The lowest BCUT2D eigenvalue weighted by molar-refractivity contribution is 0.120. The molecule has 0 aliphatic rings. The molecule has 0 aromatic rings. The van der Waals surface area contributed by atoms with Gasteiger partial charge in [-0.2, -0.15) is 0 Å². The van der Waals surface area contributed by atoms with Crippen molar-refractivity contribution in [1.82, 2.24) is 10.2 Å². The Balaban J connectivity index is 4.69. The molecule has 0 spiro atoms. The minimum Gasteiger partial charge on any atom is -0.380 e. The molecule has 2 heteroatoms. The van der Waals surface area contributed by atoms with E-state index in [1.807, 2.05) is 13.0 Å². The van der Waals surface area contributed by atoms with Gasteiger partial charge in [-0.05, 0) is 60.7 Å². The highest BCUT2D eigenvalue weighted by Crippen LogP contribution is 2.25. The molecular weight excluding hydrogens is 208 g/mol. The molecule has 0 heterocycles. The van der Waals surface area contributed by atoms with Crippen molar-refractivity contribution in [3.05, 3.63) is 24.4 Å². The van der Waals surface area contributed by atoms with Crippen LogP contribution in [0.15, 0.2) is 24.4 Å². The second-order valence-corrected chi connectivity index (χ2v) is 5.96. The first-order valence-electron chi connectivity index (χ1n) is 6.46. The number of nitrogens with zero attached hydrogens (tertiary/aromatic N) is 1. The molecule has 17 heavy (non-hydrogen) atoms. The summed E-state index contributed by atoms with van der Waals surface area (Å²) >= 11 is 0. The summed E-state index contributed by atoms with van der Waals surface area (Å²) in [4.78, 5) is 2.39. The van der Waals surface area contributed by atoms with Gasteiger partial charge in [-0.25, -0.2) is 0 Å². The minimum atomic E-state index is 0.0585. The molecule has 2 nitrogen and oxygen atoms in total. The Hall–Kier alpha value is -0.760. The van der Waals surface area contributed by atoms with Crippen LogP contribution in [0, 0.1) is 0 Å². The maximum Gasteiger partial charge on any atom is 0.0334 e. The quantitative estimate of drug-likeness (QED) is 0.682. The standard InChI is InChI=1S/C15H30N2/c1-9-13(10-2)16-14(4,5)12-15(6,7)17(8)11-3/h9-10,16H,1,11-12H2,2-8H3/b13-10+. The van der Waals surface area contributed by atoms with Gasteiger partial charge in [-0.1, -0.05) is 19.6 Å². The van der Waals surface area contributed by atoms with Crippen molar-refractivity contribution in [3.63, 3.8) is 0 Å². The van der Waals surface area contributed by atoms with E-state index in [0.29, 0.717) is 0 Å². The van der Waals surface area contributed by atoms with Gasteiger partial charge in [0, 0.05) is 16.8 Å². The summed E-state index contributed by atoms with van der Waals surface area (Å²) in [6, 6.07) is 0. The largest absolute Gasteiger partial charge is 0.380 e. The molecule has 0 atom stereocenters. The van der Waals surface area contributed by atoms with E-state index in [1.165, 1.54) is 0 Å².